The van der Waals surface area contributed by atoms with Gasteiger partial charge in [0.05, 0.1) is 11.9 Å². The van der Waals surface area contributed by atoms with E-state index in [0.29, 0.717) is 29.3 Å². The number of rotatable bonds is 5. The maximum atomic E-state index is 12.9. The Morgan fingerprint density at radius 1 is 1.21 bits per heavy atom. The average Bonchev–Trinajstić information content (AvgIpc) is 3.47. The molecule has 0 atom stereocenters. The summed E-state index contributed by atoms with van der Waals surface area (Å²) in [4.78, 5) is 29.6. The lowest BCUT2D eigenvalue weighted by Gasteiger charge is -2.12. The van der Waals surface area contributed by atoms with Crippen molar-refractivity contribution in [2.24, 2.45) is 0 Å². The van der Waals surface area contributed by atoms with E-state index in [-0.39, 0.29) is 23.5 Å². The van der Waals surface area contributed by atoms with Crippen LogP contribution in [-0.2, 0) is 17.8 Å². The van der Waals surface area contributed by atoms with E-state index in [9.17, 15) is 9.59 Å². The van der Waals surface area contributed by atoms with Crippen molar-refractivity contribution in [2.75, 3.05) is 5.32 Å². The molecular formula is C21H20N6O2. The molecule has 8 heteroatoms. The standard InChI is InChI=1S/C21H20N6O2/c1-2-26-17-11-14(13-3-4-13)5-6-15(17)21(29)16(24-26)12-20(28)23-18-7-8-19-22-9-10-27(19)25-18/h5-11,13H,2-4,12H2,1H3,(H,23,25,28). The highest BCUT2D eigenvalue weighted by atomic mass is 16.2. The summed E-state index contributed by atoms with van der Waals surface area (Å²) in [6, 6.07) is 9.40. The zero-order valence-electron chi connectivity index (χ0n) is 16.0. The molecule has 0 radical (unpaired) electrons. The van der Waals surface area contributed by atoms with Crippen LogP contribution >= 0.6 is 0 Å². The van der Waals surface area contributed by atoms with Crippen LogP contribution in [0.4, 0.5) is 5.82 Å². The van der Waals surface area contributed by atoms with E-state index in [4.69, 9.17) is 0 Å². The number of imidazole rings is 1. The van der Waals surface area contributed by atoms with Gasteiger partial charge in [-0.3, -0.25) is 14.3 Å². The van der Waals surface area contributed by atoms with Crippen molar-refractivity contribution in [1.82, 2.24) is 24.4 Å². The van der Waals surface area contributed by atoms with Crippen LogP contribution < -0.4 is 10.7 Å². The molecule has 4 aromatic rings. The van der Waals surface area contributed by atoms with Crippen molar-refractivity contribution in [2.45, 2.75) is 38.6 Å². The summed E-state index contributed by atoms with van der Waals surface area (Å²) in [6.45, 7) is 2.60. The second-order valence-corrected chi connectivity index (χ2v) is 7.32. The fourth-order valence-corrected chi connectivity index (χ4v) is 3.60. The molecular weight excluding hydrogens is 368 g/mol. The van der Waals surface area contributed by atoms with Gasteiger partial charge in [0.15, 0.2) is 11.5 Å². The zero-order chi connectivity index (χ0) is 20.0. The molecule has 1 saturated carbocycles. The first-order valence-electron chi connectivity index (χ1n) is 9.76. The zero-order valence-corrected chi connectivity index (χ0v) is 16.0. The monoisotopic (exact) mass is 388 g/mol. The van der Waals surface area contributed by atoms with Crippen LogP contribution in [0.1, 0.15) is 36.9 Å². The maximum Gasteiger partial charge on any atom is 0.231 e. The van der Waals surface area contributed by atoms with Crippen molar-refractivity contribution in [3.05, 3.63) is 64.2 Å². The summed E-state index contributed by atoms with van der Waals surface area (Å²) >= 11 is 0. The molecule has 8 nitrogen and oxygen atoms in total. The number of hydrogen-bond donors (Lipinski definition) is 1. The predicted molar refractivity (Wildman–Crippen MR) is 109 cm³/mol. The Morgan fingerprint density at radius 2 is 2.07 bits per heavy atom. The number of aryl methyl sites for hydroxylation is 1. The Morgan fingerprint density at radius 3 is 2.86 bits per heavy atom. The number of aromatic nitrogens is 5. The van der Waals surface area contributed by atoms with Crippen LogP contribution in [0.25, 0.3) is 16.6 Å². The number of amides is 1. The largest absolute Gasteiger partial charge is 0.309 e. The lowest BCUT2D eigenvalue weighted by molar-refractivity contribution is -0.115. The molecule has 5 rings (SSSR count). The van der Waals surface area contributed by atoms with E-state index in [0.717, 1.165) is 5.52 Å². The fourth-order valence-electron chi connectivity index (χ4n) is 3.60. The summed E-state index contributed by atoms with van der Waals surface area (Å²) < 4.78 is 3.38. The molecule has 3 aromatic heterocycles. The summed E-state index contributed by atoms with van der Waals surface area (Å²) in [5.41, 5.74) is 2.82. The average molecular weight is 388 g/mol. The number of carbonyl (C=O) groups excluding carboxylic acids is 1. The number of fused-ring (bicyclic) bond motifs is 2. The van der Waals surface area contributed by atoms with E-state index in [1.807, 2.05) is 19.1 Å². The third-order valence-electron chi connectivity index (χ3n) is 5.25. The Hall–Kier alpha value is -3.55. The molecule has 0 bridgehead atoms. The Bertz CT molecular complexity index is 1300. The van der Waals surface area contributed by atoms with E-state index in [2.05, 4.69) is 26.6 Å². The second-order valence-electron chi connectivity index (χ2n) is 7.32. The molecule has 1 aliphatic rings. The van der Waals surface area contributed by atoms with Gasteiger partial charge in [0.25, 0.3) is 0 Å². The minimum Gasteiger partial charge on any atom is -0.309 e. The lowest BCUT2D eigenvalue weighted by Crippen LogP contribution is -2.25. The third kappa shape index (κ3) is 3.26. The van der Waals surface area contributed by atoms with Gasteiger partial charge >= 0.3 is 0 Å². The van der Waals surface area contributed by atoms with Crippen LogP contribution in [0.3, 0.4) is 0 Å². The Balaban J connectivity index is 1.44. The van der Waals surface area contributed by atoms with Gasteiger partial charge in [-0.1, -0.05) is 6.07 Å². The smallest absolute Gasteiger partial charge is 0.231 e. The Labute approximate surface area is 166 Å². The molecule has 1 N–H and O–H groups in total. The summed E-state index contributed by atoms with van der Waals surface area (Å²) in [5, 5.41) is 12.1. The Kier molecular flexibility index (Phi) is 4.12. The summed E-state index contributed by atoms with van der Waals surface area (Å²) in [7, 11) is 0. The molecule has 3 heterocycles. The normalized spacial score (nSPS) is 13.8. The quantitative estimate of drug-likeness (QED) is 0.567. The van der Waals surface area contributed by atoms with Crippen molar-refractivity contribution in [3.8, 4) is 0 Å². The molecule has 0 spiro atoms. The van der Waals surface area contributed by atoms with Gasteiger partial charge in [-0.2, -0.15) is 5.10 Å². The first-order valence-corrected chi connectivity index (χ1v) is 9.76. The molecule has 1 fully saturated rings. The highest BCUT2D eigenvalue weighted by Gasteiger charge is 2.24. The predicted octanol–water partition coefficient (Wildman–Crippen LogP) is 2.52. The molecule has 0 unspecified atom stereocenters. The van der Waals surface area contributed by atoms with Crippen molar-refractivity contribution in [1.29, 1.82) is 0 Å². The van der Waals surface area contributed by atoms with Crippen LogP contribution in [0, 0.1) is 0 Å². The molecule has 0 saturated heterocycles. The van der Waals surface area contributed by atoms with Gasteiger partial charge in [0, 0.05) is 24.3 Å². The van der Waals surface area contributed by atoms with Gasteiger partial charge in [-0.25, -0.2) is 9.50 Å². The highest BCUT2D eigenvalue weighted by Crippen LogP contribution is 2.40. The van der Waals surface area contributed by atoms with Gasteiger partial charge in [0.1, 0.15) is 5.69 Å². The third-order valence-corrected chi connectivity index (χ3v) is 5.25. The topological polar surface area (TPSA) is 94.2 Å². The molecule has 29 heavy (non-hydrogen) atoms. The number of nitrogens with zero attached hydrogens (tertiary/aromatic N) is 5. The summed E-state index contributed by atoms with van der Waals surface area (Å²) in [5.74, 6) is 0.662. The minimum absolute atomic E-state index is 0.108. The van der Waals surface area contributed by atoms with Crippen LogP contribution in [-0.4, -0.2) is 30.3 Å². The van der Waals surface area contributed by atoms with E-state index in [1.165, 1.54) is 18.4 Å². The fraction of sp³-hybridized carbons (Fsp3) is 0.286. The van der Waals surface area contributed by atoms with Gasteiger partial charge in [-0.15, -0.1) is 5.10 Å². The SMILES string of the molecule is CCn1nc(CC(=O)Nc2ccc3nccn3n2)c(=O)c2ccc(C3CC3)cc21. The summed E-state index contributed by atoms with van der Waals surface area (Å²) in [6.07, 6.45) is 5.63. The molecule has 1 aromatic carbocycles. The number of carbonyl (C=O) groups is 1. The molecule has 0 aliphatic heterocycles. The maximum absolute atomic E-state index is 12.9. The number of nitrogens with one attached hydrogen (secondary N) is 1. The minimum atomic E-state index is -0.335. The van der Waals surface area contributed by atoms with Crippen LogP contribution in [0.5, 0.6) is 0 Å². The number of anilines is 1. The molecule has 1 aliphatic carbocycles. The molecule has 1 amide bonds. The van der Waals surface area contributed by atoms with Gasteiger partial charge < -0.3 is 5.32 Å². The van der Waals surface area contributed by atoms with Crippen molar-refractivity contribution in [3.63, 3.8) is 0 Å². The van der Waals surface area contributed by atoms with Gasteiger partial charge in [0.2, 0.25) is 11.3 Å². The number of hydrogen-bond acceptors (Lipinski definition) is 5. The number of benzene rings is 1. The first-order chi connectivity index (χ1) is 14.1. The van der Waals surface area contributed by atoms with Crippen molar-refractivity contribution < 1.29 is 4.79 Å². The van der Waals surface area contributed by atoms with Crippen LogP contribution in [0.2, 0.25) is 0 Å². The highest BCUT2D eigenvalue weighted by molar-refractivity contribution is 5.91. The lowest BCUT2D eigenvalue weighted by atomic mass is 10.1. The second kappa shape index (κ2) is 6.80. The van der Waals surface area contributed by atoms with E-state index < -0.39 is 0 Å². The van der Waals surface area contributed by atoms with Crippen molar-refractivity contribution >= 4 is 28.3 Å². The van der Waals surface area contributed by atoms with E-state index >= 15 is 0 Å². The molecule has 146 valence electrons. The van der Waals surface area contributed by atoms with Gasteiger partial charge in [-0.05, 0) is 55.5 Å². The van der Waals surface area contributed by atoms with Crippen LogP contribution in [0.15, 0.2) is 47.5 Å². The first kappa shape index (κ1) is 17.5. The van der Waals surface area contributed by atoms with E-state index in [1.54, 1.807) is 33.7 Å².